The van der Waals surface area contributed by atoms with Crippen molar-refractivity contribution in [3.8, 4) is 0 Å². The van der Waals surface area contributed by atoms with E-state index in [0.717, 1.165) is 36.2 Å². The summed E-state index contributed by atoms with van der Waals surface area (Å²) in [5, 5.41) is 0. The van der Waals surface area contributed by atoms with Crippen LogP contribution in [0.3, 0.4) is 0 Å². The Bertz CT molecular complexity index is 270. The molecule has 0 amide bonds. The molecule has 3 saturated carbocycles. The topological polar surface area (TPSA) is 9.23 Å². The molecule has 6 unspecified atom stereocenters. The maximum absolute atomic E-state index is 5.99. The molecule has 1 heteroatoms. The van der Waals surface area contributed by atoms with Gasteiger partial charge in [0.05, 0.1) is 12.7 Å². The summed E-state index contributed by atoms with van der Waals surface area (Å²) < 4.78 is 5.99. The molecule has 0 N–H and O–H groups in total. The van der Waals surface area contributed by atoms with E-state index in [1.165, 1.54) is 12.8 Å². The van der Waals surface area contributed by atoms with Crippen molar-refractivity contribution in [3.63, 3.8) is 0 Å². The summed E-state index contributed by atoms with van der Waals surface area (Å²) in [6, 6.07) is 0. The first-order valence-corrected chi connectivity index (χ1v) is 5.81. The van der Waals surface area contributed by atoms with E-state index in [4.69, 9.17) is 4.74 Å². The zero-order valence-corrected chi connectivity index (χ0v) is 8.49. The first kappa shape index (κ1) is 7.28. The van der Waals surface area contributed by atoms with Gasteiger partial charge in [0.25, 0.3) is 0 Å². The van der Waals surface area contributed by atoms with Gasteiger partial charge in [-0.15, -0.1) is 0 Å². The Hall–Kier alpha value is -0.0400. The van der Waals surface area contributed by atoms with Gasteiger partial charge in [0.1, 0.15) is 0 Å². The zero-order chi connectivity index (χ0) is 8.79. The van der Waals surface area contributed by atoms with Gasteiger partial charge in [-0.05, 0) is 47.8 Å². The van der Waals surface area contributed by atoms with E-state index in [1.807, 2.05) is 0 Å². The molecule has 4 fully saturated rings. The van der Waals surface area contributed by atoms with Gasteiger partial charge in [0.15, 0.2) is 0 Å². The van der Waals surface area contributed by atoms with Crippen LogP contribution in [-0.2, 0) is 4.74 Å². The minimum Gasteiger partial charge on any atom is -0.378 e. The van der Waals surface area contributed by atoms with Crippen molar-refractivity contribution in [3.05, 3.63) is 0 Å². The van der Waals surface area contributed by atoms with E-state index >= 15 is 0 Å². The van der Waals surface area contributed by atoms with E-state index in [-0.39, 0.29) is 0 Å². The van der Waals surface area contributed by atoms with Crippen LogP contribution in [0.15, 0.2) is 0 Å². The largest absolute Gasteiger partial charge is 0.378 e. The Morgan fingerprint density at radius 1 is 1.23 bits per heavy atom. The molecule has 1 saturated heterocycles. The molecule has 0 aromatic carbocycles. The Kier molecular flexibility index (Phi) is 1.03. The molecule has 1 heterocycles. The molecular weight excluding hydrogens is 160 g/mol. The Morgan fingerprint density at radius 2 is 2.08 bits per heavy atom. The number of rotatable bonds is 0. The van der Waals surface area contributed by atoms with E-state index in [2.05, 4.69) is 13.8 Å². The molecular formula is C12H18O. The summed E-state index contributed by atoms with van der Waals surface area (Å²) in [5.41, 5.74) is 0.606. The van der Waals surface area contributed by atoms with E-state index in [0.29, 0.717) is 11.5 Å². The lowest BCUT2D eigenvalue weighted by Crippen LogP contribution is -2.52. The molecule has 4 rings (SSSR count). The first-order valence-electron chi connectivity index (χ1n) is 5.81. The molecule has 1 aliphatic heterocycles. The van der Waals surface area contributed by atoms with Gasteiger partial charge in [0, 0.05) is 0 Å². The smallest absolute Gasteiger partial charge is 0.0614 e. The molecule has 0 aromatic rings. The quantitative estimate of drug-likeness (QED) is 0.553. The van der Waals surface area contributed by atoms with Gasteiger partial charge in [0.2, 0.25) is 0 Å². The zero-order valence-electron chi connectivity index (χ0n) is 8.49. The van der Waals surface area contributed by atoms with E-state index in [1.54, 1.807) is 0 Å². The van der Waals surface area contributed by atoms with Gasteiger partial charge in [-0.1, -0.05) is 13.8 Å². The van der Waals surface area contributed by atoms with Gasteiger partial charge in [-0.25, -0.2) is 0 Å². The Morgan fingerprint density at radius 3 is 2.85 bits per heavy atom. The highest BCUT2D eigenvalue weighted by atomic mass is 16.5. The highest BCUT2D eigenvalue weighted by Gasteiger charge is 2.70. The molecule has 13 heavy (non-hydrogen) atoms. The van der Waals surface area contributed by atoms with Crippen molar-refractivity contribution in [2.45, 2.75) is 32.8 Å². The SMILES string of the molecule is CC1(C)C2CC3OCC4CC2C4C31. The molecule has 3 aliphatic carbocycles. The maximum atomic E-state index is 5.99. The van der Waals surface area contributed by atoms with Crippen LogP contribution in [0.2, 0.25) is 0 Å². The fourth-order valence-corrected chi connectivity index (χ4v) is 5.31. The lowest BCUT2D eigenvalue weighted by atomic mass is 9.57. The minimum absolute atomic E-state index is 0.606. The molecule has 72 valence electrons. The summed E-state index contributed by atoms with van der Waals surface area (Å²) in [6.45, 7) is 6.07. The molecule has 6 atom stereocenters. The molecule has 2 bridgehead atoms. The summed E-state index contributed by atoms with van der Waals surface area (Å²) in [7, 11) is 0. The molecule has 0 spiro atoms. The van der Waals surface area contributed by atoms with Crippen LogP contribution in [0.1, 0.15) is 26.7 Å². The number of hydrogen-bond donors (Lipinski definition) is 0. The van der Waals surface area contributed by atoms with Crippen LogP contribution in [0.4, 0.5) is 0 Å². The van der Waals surface area contributed by atoms with Gasteiger partial charge < -0.3 is 4.74 Å². The third kappa shape index (κ3) is 0.587. The third-order valence-corrected chi connectivity index (χ3v) is 5.77. The van der Waals surface area contributed by atoms with Crippen molar-refractivity contribution in [1.82, 2.24) is 0 Å². The number of fused-ring (bicyclic) bond motifs is 2. The first-order chi connectivity index (χ1) is 6.19. The van der Waals surface area contributed by atoms with Crippen LogP contribution in [0, 0.1) is 35.0 Å². The van der Waals surface area contributed by atoms with Gasteiger partial charge >= 0.3 is 0 Å². The monoisotopic (exact) mass is 178 g/mol. The maximum Gasteiger partial charge on any atom is 0.0614 e. The highest BCUT2D eigenvalue weighted by molar-refractivity contribution is 5.18. The Balaban J connectivity index is 1.85. The van der Waals surface area contributed by atoms with Crippen molar-refractivity contribution < 1.29 is 4.74 Å². The lowest BCUT2D eigenvalue weighted by molar-refractivity contribution is -0.162. The van der Waals surface area contributed by atoms with Crippen LogP contribution in [0.5, 0.6) is 0 Å². The fourth-order valence-electron chi connectivity index (χ4n) is 5.31. The summed E-state index contributed by atoms with van der Waals surface area (Å²) in [4.78, 5) is 0. The van der Waals surface area contributed by atoms with Gasteiger partial charge in [-0.3, -0.25) is 0 Å². The lowest BCUT2D eigenvalue weighted by Gasteiger charge is -2.53. The van der Waals surface area contributed by atoms with Crippen molar-refractivity contribution >= 4 is 0 Å². The minimum atomic E-state index is 0.606. The average molecular weight is 178 g/mol. The van der Waals surface area contributed by atoms with Crippen molar-refractivity contribution in [2.75, 3.05) is 6.61 Å². The van der Waals surface area contributed by atoms with Crippen LogP contribution in [0.25, 0.3) is 0 Å². The fraction of sp³-hybridized carbons (Fsp3) is 1.00. The second-order valence-corrected chi connectivity index (χ2v) is 6.30. The second-order valence-electron chi connectivity index (χ2n) is 6.30. The van der Waals surface area contributed by atoms with E-state index < -0.39 is 0 Å². The number of ether oxygens (including phenoxy) is 1. The van der Waals surface area contributed by atoms with Crippen LogP contribution >= 0.6 is 0 Å². The summed E-state index contributed by atoms with van der Waals surface area (Å²) in [6.07, 6.45) is 3.52. The predicted octanol–water partition coefficient (Wildman–Crippen LogP) is 2.31. The average Bonchev–Trinajstić information content (AvgIpc) is 2.30. The predicted molar refractivity (Wildman–Crippen MR) is 50.2 cm³/mol. The van der Waals surface area contributed by atoms with Gasteiger partial charge in [-0.2, -0.15) is 0 Å². The molecule has 0 radical (unpaired) electrons. The number of hydrogen-bond acceptors (Lipinski definition) is 1. The van der Waals surface area contributed by atoms with Crippen molar-refractivity contribution in [2.24, 2.45) is 35.0 Å². The third-order valence-electron chi connectivity index (χ3n) is 5.77. The van der Waals surface area contributed by atoms with Crippen LogP contribution < -0.4 is 0 Å². The highest BCUT2D eigenvalue weighted by Crippen LogP contribution is 2.73. The second kappa shape index (κ2) is 1.84. The standard InChI is InChI=1S/C12H18O/c1-12(2)8-4-9-11(12)10-6(5-13-9)3-7(8)10/h6-11H,3-5H2,1-2H3. The van der Waals surface area contributed by atoms with Crippen molar-refractivity contribution in [1.29, 1.82) is 0 Å². The molecule has 1 nitrogen and oxygen atoms in total. The molecule has 0 aromatic heterocycles. The summed E-state index contributed by atoms with van der Waals surface area (Å²) >= 11 is 0. The normalized spacial score (nSPS) is 65.1. The summed E-state index contributed by atoms with van der Waals surface area (Å²) in [5.74, 6) is 5.06. The van der Waals surface area contributed by atoms with Crippen LogP contribution in [-0.4, -0.2) is 12.7 Å². The Labute approximate surface area is 79.8 Å². The molecule has 4 aliphatic rings. The van der Waals surface area contributed by atoms with E-state index in [9.17, 15) is 0 Å².